The topological polar surface area (TPSA) is 54.2 Å². The summed E-state index contributed by atoms with van der Waals surface area (Å²) < 4.78 is 19.3. The Labute approximate surface area is 200 Å². The summed E-state index contributed by atoms with van der Waals surface area (Å²) >= 11 is 7.30. The molecule has 0 saturated heterocycles. The first-order chi connectivity index (χ1) is 16.0. The molecule has 3 heterocycles. The molecule has 4 aromatic rings. The van der Waals surface area contributed by atoms with Gasteiger partial charge in [-0.2, -0.15) is 4.98 Å². The van der Waals surface area contributed by atoms with Gasteiger partial charge in [0.05, 0.1) is 16.5 Å². The molecular formula is C25H21FN4OS2. The summed E-state index contributed by atoms with van der Waals surface area (Å²) in [6.45, 7) is 4.67. The van der Waals surface area contributed by atoms with E-state index in [-0.39, 0.29) is 11.9 Å². The van der Waals surface area contributed by atoms with E-state index in [0.29, 0.717) is 23.4 Å². The van der Waals surface area contributed by atoms with Gasteiger partial charge in [0.1, 0.15) is 5.82 Å². The molecule has 0 amide bonds. The quantitative estimate of drug-likeness (QED) is 0.351. The zero-order valence-electron chi connectivity index (χ0n) is 18.1. The fourth-order valence-electron chi connectivity index (χ4n) is 3.99. The van der Waals surface area contributed by atoms with Crippen molar-refractivity contribution < 1.29 is 8.91 Å². The Kier molecular flexibility index (Phi) is 5.78. The Morgan fingerprint density at radius 2 is 1.94 bits per heavy atom. The van der Waals surface area contributed by atoms with E-state index < -0.39 is 0 Å². The molecule has 0 aliphatic carbocycles. The molecule has 166 valence electrons. The average Bonchev–Trinajstić information content (AvgIpc) is 3.49. The monoisotopic (exact) mass is 476 g/mol. The molecule has 1 aliphatic heterocycles. The summed E-state index contributed by atoms with van der Waals surface area (Å²) in [6.07, 6.45) is 0. The van der Waals surface area contributed by atoms with Crippen molar-refractivity contribution in [1.29, 1.82) is 0 Å². The molecule has 8 heteroatoms. The number of hydrogen-bond acceptors (Lipinski definition) is 5. The molecule has 0 saturated carbocycles. The van der Waals surface area contributed by atoms with Crippen molar-refractivity contribution in [3.05, 3.63) is 100 Å². The average molecular weight is 477 g/mol. The van der Waals surface area contributed by atoms with Gasteiger partial charge in [-0.25, -0.2) is 4.39 Å². The second kappa shape index (κ2) is 8.88. The van der Waals surface area contributed by atoms with Crippen LogP contribution in [0.15, 0.2) is 76.3 Å². The van der Waals surface area contributed by atoms with Crippen molar-refractivity contribution in [1.82, 2.24) is 20.4 Å². The van der Waals surface area contributed by atoms with Gasteiger partial charge in [-0.05, 0) is 60.8 Å². The molecule has 1 aliphatic rings. The van der Waals surface area contributed by atoms with E-state index in [4.69, 9.17) is 21.7 Å². The Hall–Kier alpha value is -3.36. The van der Waals surface area contributed by atoms with Crippen molar-refractivity contribution >= 4 is 34.2 Å². The van der Waals surface area contributed by atoms with Gasteiger partial charge in [-0.15, -0.1) is 11.3 Å². The highest BCUT2D eigenvalue weighted by molar-refractivity contribution is 7.80. The highest BCUT2D eigenvalue weighted by Gasteiger charge is 2.34. The predicted octanol–water partition coefficient (Wildman–Crippen LogP) is 6.11. The van der Waals surface area contributed by atoms with Gasteiger partial charge in [-0.3, -0.25) is 0 Å². The van der Waals surface area contributed by atoms with Crippen LogP contribution in [0.1, 0.15) is 35.5 Å². The van der Waals surface area contributed by atoms with Crippen molar-refractivity contribution in [2.75, 3.05) is 0 Å². The Balaban J connectivity index is 1.60. The molecule has 5 nitrogen and oxygen atoms in total. The lowest BCUT2D eigenvalue weighted by molar-refractivity contribution is 0.396. The number of aromatic nitrogens is 2. The number of hydrogen-bond donors (Lipinski definition) is 1. The molecule has 0 spiro atoms. The third kappa shape index (κ3) is 4.31. The fourth-order valence-corrected chi connectivity index (χ4v) is 4.95. The summed E-state index contributed by atoms with van der Waals surface area (Å²) in [5, 5.41) is 10.2. The van der Waals surface area contributed by atoms with Crippen molar-refractivity contribution in [2.24, 2.45) is 0 Å². The first-order valence-corrected chi connectivity index (χ1v) is 11.8. The largest absolute Gasteiger partial charge is 0.351 e. The second-order valence-corrected chi connectivity index (χ2v) is 9.24. The molecule has 1 atom stereocenters. The van der Waals surface area contributed by atoms with Crippen LogP contribution in [0.4, 0.5) is 4.39 Å². The first-order valence-electron chi connectivity index (χ1n) is 10.5. The Bertz CT molecular complexity index is 1330. The number of thiophene rings is 1. The summed E-state index contributed by atoms with van der Waals surface area (Å²) in [5.74, 6) is 0.657. The van der Waals surface area contributed by atoms with Crippen LogP contribution in [0.25, 0.3) is 16.3 Å². The van der Waals surface area contributed by atoms with E-state index in [0.717, 1.165) is 27.3 Å². The van der Waals surface area contributed by atoms with Gasteiger partial charge in [0.25, 0.3) is 5.89 Å². The minimum absolute atomic E-state index is 0.293. The molecule has 1 unspecified atom stereocenters. The summed E-state index contributed by atoms with van der Waals surface area (Å²) in [6, 6.07) is 18.3. The standard InChI is InChI=1S/C25H21FN4OS2/c1-15-5-3-6-17(13-15)14-30-16(2)21(24-28-23(29-31-24)20-7-4-12-33-20)22(27-25(30)32)18-8-10-19(26)11-9-18/h3-13,22H,14H2,1-2H3,(H,27,32). The normalized spacial score (nSPS) is 16.3. The van der Waals surface area contributed by atoms with E-state index in [1.165, 1.54) is 17.7 Å². The molecule has 0 bridgehead atoms. The molecule has 2 aromatic heterocycles. The van der Waals surface area contributed by atoms with Gasteiger partial charge in [0, 0.05) is 12.2 Å². The van der Waals surface area contributed by atoms with Crippen LogP contribution in [0.5, 0.6) is 0 Å². The molecule has 0 radical (unpaired) electrons. The number of aryl methyl sites for hydroxylation is 1. The van der Waals surface area contributed by atoms with Gasteiger partial charge >= 0.3 is 0 Å². The maximum atomic E-state index is 13.6. The van der Waals surface area contributed by atoms with E-state index >= 15 is 0 Å². The first kappa shape index (κ1) is 21.5. The molecular weight excluding hydrogens is 455 g/mol. The molecule has 2 aromatic carbocycles. The lowest BCUT2D eigenvalue weighted by Gasteiger charge is -2.37. The Morgan fingerprint density at radius 1 is 1.12 bits per heavy atom. The number of halogens is 1. The van der Waals surface area contributed by atoms with Crippen LogP contribution in [-0.4, -0.2) is 20.2 Å². The van der Waals surface area contributed by atoms with Gasteiger partial charge in [0.15, 0.2) is 5.11 Å². The number of rotatable bonds is 5. The number of benzene rings is 2. The predicted molar refractivity (Wildman–Crippen MR) is 132 cm³/mol. The van der Waals surface area contributed by atoms with Crippen LogP contribution >= 0.6 is 23.6 Å². The van der Waals surface area contributed by atoms with Crippen LogP contribution < -0.4 is 5.32 Å². The van der Waals surface area contributed by atoms with Crippen LogP contribution in [0, 0.1) is 12.7 Å². The fraction of sp³-hybridized carbons (Fsp3) is 0.160. The number of nitrogens with one attached hydrogen (secondary N) is 1. The van der Waals surface area contributed by atoms with E-state index in [9.17, 15) is 4.39 Å². The maximum Gasteiger partial charge on any atom is 0.258 e. The summed E-state index contributed by atoms with van der Waals surface area (Å²) in [7, 11) is 0. The minimum Gasteiger partial charge on any atom is -0.351 e. The Morgan fingerprint density at radius 3 is 2.67 bits per heavy atom. The highest BCUT2D eigenvalue weighted by atomic mass is 32.1. The summed E-state index contributed by atoms with van der Waals surface area (Å²) in [4.78, 5) is 7.66. The van der Waals surface area contributed by atoms with Crippen molar-refractivity contribution in [3.63, 3.8) is 0 Å². The third-order valence-corrected chi connectivity index (χ3v) is 6.82. The number of thiocarbonyl (C=S) groups is 1. The van der Waals surface area contributed by atoms with Crippen LogP contribution in [-0.2, 0) is 6.54 Å². The van der Waals surface area contributed by atoms with Crippen LogP contribution in [0.2, 0.25) is 0 Å². The highest BCUT2D eigenvalue weighted by Crippen LogP contribution is 2.38. The SMILES string of the molecule is CC1=C(c2nc(-c3cccs3)no2)C(c2ccc(F)cc2)NC(=S)N1Cc1cccc(C)c1. The van der Waals surface area contributed by atoms with E-state index in [1.54, 1.807) is 23.5 Å². The van der Waals surface area contributed by atoms with E-state index in [2.05, 4.69) is 35.6 Å². The van der Waals surface area contributed by atoms with E-state index in [1.807, 2.05) is 35.4 Å². The maximum absolute atomic E-state index is 13.6. The molecule has 5 rings (SSSR count). The van der Waals surface area contributed by atoms with Crippen LogP contribution in [0.3, 0.4) is 0 Å². The molecule has 0 fully saturated rings. The third-order valence-electron chi connectivity index (χ3n) is 5.62. The lowest BCUT2D eigenvalue weighted by Crippen LogP contribution is -2.45. The van der Waals surface area contributed by atoms with Crippen molar-refractivity contribution in [3.8, 4) is 10.7 Å². The zero-order valence-corrected chi connectivity index (χ0v) is 19.7. The van der Waals surface area contributed by atoms with Crippen molar-refractivity contribution in [2.45, 2.75) is 26.4 Å². The number of nitrogens with zero attached hydrogens (tertiary/aromatic N) is 3. The number of allylic oxidation sites excluding steroid dienone is 1. The molecule has 33 heavy (non-hydrogen) atoms. The second-order valence-electron chi connectivity index (χ2n) is 7.91. The smallest absolute Gasteiger partial charge is 0.258 e. The zero-order chi connectivity index (χ0) is 22.9. The lowest BCUT2D eigenvalue weighted by atomic mass is 9.94. The van der Waals surface area contributed by atoms with Gasteiger partial charge < -0.3 is 14.7 Å². The van der Waals surface area contributed by atoms with Gasteiger partial charge in [-0.1, -0.05) is 53.2 Å². The summed E-state index contributed by atoms with van der Waals surface area (Å²) in [5.41, 5.74) is 4.92. The van der Waals surface area contributed by atoms with Gasteiger partial charge in [0.2, 0.25) is 5.82 Å². The molecule has 1 N–H and O–H groups in total. The minimum atomic E-state index is -0.344.